The molecule has 2 N–H and O–H groups in total. The number of rotatable bonds is 5. The Labute approximate surface area is 146 Å². The van der Waals surface area contributed by atoms with Gasteiger partial charge in [-0.15, -0.1) is 0 Å². The highest BCUT2D eigenvalue weighted by Crippen LogP contribution is 2.29. The number of nitrogens with zero attached hydrogens (tertiary/aromatic N) is 4. The Morgan fingerprint density at radius 2 is 1.84 bits per heavy atom. The van der Waals surface area contributed by atoms with Gasteiger partial charge >= 0.3 is 0 Å². The lowest BCUT2D eigenvalue weighted by Gasteiger charge is -2.16. The van der Waals surface area contributed by atoms with Gasteiger partial charge in [0.1, 0.15) is 0 Å². The number of hydrogen-bond acceptors (Lipinski definition) is 5. The number of nitrogens with one attached hydrogen (secondary N) is 1. The Bertz CT molecular complexity index is 788. The maximum absolute atomic E-state index is 10.3. The van der Waals surface area contributed by atoms with Crippen LogP contribution in [0.3, 0.4) is 0 Å². The van der Waals surface area contributed by atoms with E-state index in [0.717, 1.165) is 30.5 Å². The molecule has 25 heavy (non-hydrogen) atoms. The second kappa shape index (κ2) is 7.03. The third-order valence-electron chi connectivity index (χ3n) is 4.70. The van der Waals surface area contributed by atoms with Crippen molar-refractivity contribution in [2.45, 2.75) is 31.5 Å². The van der Waals surface area contributed by atoms with Gasteiger partial charge in [-0.3, -0.25) is 4.68 Å². The molecule has 0 saturated heterocycles. The number of aromatic nitrogens is 4. The molecule has 0 bridgehead atoms. The first-order valence-corrected chi connectivity index (χ1v) is 8.57. The van der Waals surface area contributed by atoms with Crippen LogP contribution in [0.15, 0.2) is 61.2 Å². The molecule has 1 aliphatic rings. The molecule has 0 amide bonds. The van der Waals surface area contributed by atoms with Crippen LogP contribution in [0, 0.1) is 5.92 Å². The van der Waals surface area contributed by atoms with Crippen LogP contribution in [-0.2, 0) is 6.54 Å². The van der Waals surface area contributed by atoms with E-state index in [-0.39, 0.29) is 6.04 Å². The lowest BCUT2D eigenvalue weighted by atomic mass is 10.1. The molecule has 3 atom stereocenters. The van der Waals surface area contributed by atoms with Crippen LogP contribution in [0.1, 0.15) is 12.8 Å². The summed E-state index contributed by atoms with van der Waals surface area (Å²) in [5.41, 5.74) is 2.07. The van der Waals surface area contributed by atoms with Gasteiger partial charge < -0.3 is 10.4 Å². The lowest BCUT2D eigenvalue weighted by Crippen LogP contribution is -2.28. The zero-order valence-corrected chi connectivity index (χ0v) is 13.9. The Hall–Kier alpha value is -2.73. The molecule has 6 nitrogen and oxygen atoms in total. The van der Waals surface area contributed by atoms with Gasteiger partial charge in [0, 0.05) is 36.9 Å². The Kier molecular flexibility index (Phi) is 4.43. The third kappa shape index (κ3) is 3.69. The molecule has 0 aliphatic heterocycles. The second-order valence-corrected chi connectivity index (χ2v) is 6.55. The third-order valence-corrected chi connectivity index (χ3v) is 4.70. The van der Waals surface area contributed by atoms with Crippen molar-refractivity contribution in [1.82, 2.24) is 19.7 Å². The van der Waals surface area contributed by atoms with E-state index in [1.807, 2.05) is 59.7 Å². The van der Waals surface area contributed by atoms with Crippen molar-refractivity contribution in [2.24, 2.45) is 5.92 Å². The lowest BCUT2D eigenvalue weighted by molar-refractivity contribution is 0.165. The molecular weight excluding hydrogens is 314 g/mol. The first kappa shape index (κ1) is 15.8. The van der Waals surface area contributed by atoms with E-state index < -0.39 is 6.10 Å². The Morgan fingerprint density at radius 3 is 2.56 bits per heavy atom. The molecule has 2 heterocycles. The van der Waals surface area contributed by atoms with Crippen LogP contribution in [0.25, 0.3) is 11.1 Å². The zero-order chi connectivity index (χ0) is 17.1. The number of anilines is 1. The van der Waals surface area contributed by atoms with Crippen molar-refractivity contribution >= 4 is 5.95 Å². The van der Waals surface area contributed by atoms with Crippen LogP contribution < -0.4 is 5.32 Å². The fourth-order valence-corrected chi connectivity index (χ4v) is 3.44. The van der Waals surface area contributed by atoms with Crippen molar-refractivity contribution in [3.8, 4) is 11.1 Å². The summed E-state index contributed by atoms with van der Waals surface area (Å²) in [7, 11) is 0. The van der Waals surface area contributed by atoms with E-state index in [1.54, 1.807) is 6.20 Å². The molecule has 1 aliphatic carbocycles. The van der Waals surface area contributed by atoms with E-state index in [0.29, 0.717) is 11.9 Å². The van der Waals surface area contributed by atoms with E-state index in [1.165, 1.54) is 0 Å². The predicted octanol–water partition coefficient (Wildman–Crippen LogP) is 2.59. The molecule has 0 radical (unpaired) electrons. The van der Waals surface area contributed by atoms with Crippen molar-refractivity contribution < 1.29 is 5.11 Å². The highest BCUT2D eigenvalue weighted by atomic mass is 16.3. The highest BCUT2D eigenvalue weighted by molar-refractivity contribution is 5.61. The molecule has 1 fully saturated rings. The minimum absolute atomic E-state index is 0.0249. The summed E-state index contributed by atoms with van der Waals surface area (Å²) in [6, 6.07) is 11.9. The van der Waals surface area contributed by atoms with Gasteiger partial charge in [0.05, 0.1) is 12.1 Å². The minimum Gasteiger partial charge on any atom is -0.391 e. The quantitative estimate of drug-likeness (QED) is 0.749. The van der Waals surface area contributed by atoms with E-state index >= 15 is 0 Å². The minimum atomic E-state index is -0.391. The average molecular weight is 335 g/mol. The standard InChI is InChI=1S/C19H21N5O/c25-18-10-14(13-24-8-4-7-22-24)9-17(18)23-19-20-11-16(12-21-19)15-5-2-1-3-6-15/h1-8,11-12,14,17-18,25H,9-10,13H2,(H,20,21,23)/t14?,17-,18-/m1/s1. The molecule has 1 saturated carbocycles. The predicted molar refractivity (Wildman–Crippen MR) is 95.8 cm³/mol. The van der Waals surface area contributed by atoms with Gasteiger partial charge in [0.2, 0.25) is 5.95 Å². The van der Waals surface area contributed by atoms with Gasteiger partial charge in [0.15, 0.2) is 0 Å². The van der Waals surface area contributed by atoms with Crippen LogP contribution >= 0.6 is 0 Å². The maximum Gasteiger partial charge on any atom is 0.222 e. The van der Waals surface area contributed by atoms with Gasteiger partial charge in [0.25, 0.3) is 0 Å². The van der Waals surface area contributed by atoms with Crippen LogP contribution in [0.5, 0.6) is 0 Å². The number of aliphatic hydroxyl groups excluding tert-OH is 1. The molecule has 3 aromatic rings. The summed E-state index contributed by atoms with van der Waals surface area (Å²) in [6.07, 6.45) is 8.62. The number of benzene rings is 1. The van der Waals surface area contributed by atoms with Crippen LogP contribution in [-0.4, -0.2) is 37.0 Å². The monoisotopic (exact) mass is 335 g/mol. The summed E-state index contributed by atoms with van der Waals surface area (Å²) >= 11 is 0. The fourth-order valence-electron chi connectivity index (χ4n) is 3.44. The summed E-state index contributed by atoms with van der Waals surface area (Å²) in [4.78, 5) is 8.81. The van der Waals surface area contributed by atoms with Crippen LogP contribution in [0.4, 0.5) is 5.95 Å². The van der Waals surface area contributed by atoms with Crippen molar-refractivity contribution in [3.63, 3.8) is 0 Å². The smallest absolute Gasteiger partial charge is 0.222 e. The molecule has 2 aromatic heterocycles. The van der Waals surface area contributed by atoms with Crippen molar-refractivity contribution in [1.29, 1.82) is 0 Å². The van der Waals surface area contributed by atoms with Crippen molar-refractivity contribution in [3.05, 3.63) is 61.2 Å². The summed E-state index contributed by atoms with van der Waals surface area (Å²) in [5.74, 6) is 0.958. The summed E-state index contributed by atoms with van der Waals surface area (Å²) < 4.78 is 1.92. The van der Waals surface area contributed by atoms with E-state index in [4.69, 9.17) is 0 Å². The molecule has 1 aromatic carbocycles. The SMILES string of the molecule is O[C@@H]1CC(Cn2cccn2)C[C@H]1Nc1ncc(-c2ccccc2)cn1. The molecular formula is C19H21N5O. The molecule has 128 valence electrons. The van der Waals surface area contributed by atoms with E-state index in [9.17, 15) is 5.11 Å². The molecule has 1 unspecified atom stereocenters. The highest BCUT2D eigenvalue weighted by Gasteiger charge is 2.33. The molecule has 4 rings (SSSR count). The second-order valence-electron chi connectivity index (χ2n) is 6.55. The van der Waals surface area contributed by atoms with Crippen LogP contribution in [0.2, 0.25) is 0 Å². The summed E-state index contributed by atoms with van der Waals surface area (Å²) in [6.45, 7) is 0.829. The van der Waals surface area contributed by atoms with Crippen molar-refractivity contribution in [2.75, 3.05) is 5.32 Å². The topological polar surface area (TPSA) is 75.9 Å². The van der Waals surface area contributed by atoms with Gasteiger partial charge in [-0.05, 0) is 30.4 Å². The van der Waals surface area contributed by atoms with Gasteiger partial charge in [-0.2, -0.15) is 5.10 Å². The Morgan fingerprint density at radius 1 is 1.04 bits per heavy atom. The summed E-state index contributed by atoms with van der Waals surface area (Å²) in [5, 5.41) is 17.9. The number of aliphatic hydroxyl groups is 1. The Balaban J connectivity index is 1.38. The van der Waals surface area contributed by atoms with E-state index in [2.05, 4.69) is 20.4 Å². The molecule has 6 heteroatoms. The van der Waals surface area contributed by atoms with Gasteiger partial charge in [-0.1, -0.05) is 30.3 Å². The fraction of sp³-hybridized carbons (Fsp3) is 0.316. The zero-order valence-electron chi connectivity index (χ0n) is 13.9. The average Bonchev–Trinajstić information content (AvgIpc) is 3.27. The first-order chi connectivity index (χ1) is 12.3. The van der Waals surface area contributed by atoms with Gasteiger partial charge in [-0.25, -0.2) is 9.97 Å². The largest absolute Gasteiger partial charge is 0.391 e. The maximum atomic E-state index is 10.3. The molecule has 0 spiro atoms. The normalized spacial score (nSPS) is 22.8. The number of hydrogen-bond donors (Lipinski definition) is 2. The first-order valence-electron chi connectivity index (χ1n) is 8.57.